The van der Waals surface area contributed by atoms with Crippen molar-refractivity contribution in [1.29, 1.82) is 0 Å². The molecule has 4 nitrogen and oxygen atoms in total. The zero-order valence-corrected chi connectivity index (χ0v) is 11.5. The van der Waals surface area contributed by atoms with E-state index in [1.807, 2.05) is 30.5 Å². The second-order valence-corrected chi connectivity index (χ2v) is 5.20. The Hall–Kier alpha value is -1.36. The minimum atomic E-state index is 0.204. The van der Waals surface area contributed by atoms with Gasteiger partial charge in [-0.15, -0.1) is 0 Å². The highest BCUT2D eigenvalue weighted by molar-refractivity contribution is 6.30. The monoisotopic (exact) mass is 277 g/mol. The van der Waals surface area contributed by atoms with Gasteiger partial charge in [-0.05, 0) is 24.7 Å². The number of morpholine rings is 1. The van der Waals surface area contributed by atoms with Gasteiger partial charge in [-0.2, -0.15) is 0 Å². The van der Waals surface area contributed by atoms with E-state index in [2.05, 4.69) is 21.9 Å². The third-order valence-corrected chi connectivity index (χ3v) is 3.71. The molecular formula is C14H16ClN3O. The van der Waals surface area contributed by atoms with Crippen LogP contribution in [-0.4, -0.2) is 41.7 Å². The number of rotatable bonds is 2. The number of H-pyrrole nitrogens is 1. The highest BCUT2D eigenvalue weighted by Gasteiger charge is 2.23. The van der Waals surface area contributed by atoms with Gasteiger partial charge in [0.2, 0.25) is 0 Å². The summed E-state index contributed by atoms with van der Waals surface area (Å²) in [6.45, 7) is 2.41. The maximum atomic E-state index is 5.90. The third-order valence-electron chi connectivity index (χ3n) is 3.46. The van der Waals surface area contributed by atoms with Crippen molar-refractivity contribution in [3.63, 3.8) is 0 Å². The third kappa shape index (κ3) is 2.66. The molecule has 0 bridgehead atoms. The summed E-state index contributed by atoms with van der Waals surface area (Å²) < 4.78 is 5.52. The molecule has 0 unspecified atom stereocenters. The van der Waals surface area contributed by atoms with Gasteiger partial charge in [0.15, 0.2) is 0 Å². The summed E-state index contributed by atoms with van der Waals surface area (Å²) in [5.41, 5.74) is 2.09. The van der Waals surface area contributed by atoms with Crippen molar-refractivity contribution in [2.24, 2.45) is 0 Å². The van der Waals surface area contributed by atoms with Crippen LogP contribution in [-0.2, 0) is 4.74 Å². The van der Waals surface area contributed by atoms with Crippen molar-refractivity contribution in [2.75, 3.05) is 26.8 Å². The lowest BCUT2D eigenvalue weighted by Gasteiger charge is -2.30. The molecule has 5 heteroatoms. The molecule has 1 atom stereocenters. The van der Waals surface area contributed by atoms with E-state index in [1.54, 1.807) is 0 Å². The number of halogens is 1. The van der Waals surface area contributed by atoms with Crippen molar-refractivity contribution in [1.82, 2.24) is 14.9 Å². The lowest BCUT2D eigenvalue weighted by molar-refractivity contribution is 0.00215. The number of hydrogen-bond donors (Lipinski definition) is 1. The summed E-state index contributed by atoms with van der Waals surface area (Å²) in [5, 5.41) is 0.740. The number of ether oxygens (including phenoxy) is 1. The van der Waals surface area contributed by atoms with Crippen molar-refractivity contribution >= 4 is 11.6 Å². The van der Waals surface area contributed by atoms with Crippen LogP contribution in [0.25, 0.3) is 11.3 Å². The topological polar surface area (TPSA) is 41.1 Å². The Morgan fingerprint density at radius 2 is 2.16 bits per heavy atom. The van der Waals surface area contributed by atoms with Gasteiger partial charge < -0.3 is 9.72 Å². The Balaban J connectivity index is 1.84. The van der Waals surface area contributed by atoms with Gasteiger partial charge in [-0.3, -0.25) is 4.90 Å². The molecule has 0 radical (unpaired) electrons. The summed E-state index contributed by atoms with van der Waals surface area (Å²) in [6, 6.07) is 7.94. The molecule has 1 saturated heterocycles. The molecule has 0 amide bonds. The first kappa shape index (κ1) is 12.7. The van der Waals surface area contributed by atoms with Gasteiger partial charge in [0, 0.05) is 11.6 Å². The molecule has 0 spiro atoms. The second-order valence-electron chi connectivity index (χ2n) is 4.76. The number of hydrogen-bond acceptors (Lipinski definition) is 3. The molecule has 2 heterocycles. The molecule has 2 aromatic rings. The van der Waals surface area contributed by atoms with Crippen molar-refractivity contribution in [3.8, 4) is 11.3 Å². The van der Waals surface area contributed by atoms with E-state index in [0.29, 0.717) is 6.61 Å². The highest BCUT2D eigenvalue weighted by Crippen LogP contribution is 2.24. The minimum Gasteiger partial charge on any atom is -0.378 e. The van der Waals surface area contributed by atoms with Crippen LogP contribution in [0.4, 0.5) is 0 Å². The van der Waals surface area contributed by atoms with Crippen LogP contribution in [0, 0.1) is 0 Å². The SMILES string of the molecule is CN1CCOC[C@H]1c1ncc(-c2ccc(Cl)cc2)[nH]1. The number of aromatic amines is 1. The fraction of sp³-hybridized carbons (Fsp3) is 0.357. The summed E-state index contributed by atoms with van der Waals surface area (Å²) in [5.74, 6) is 0.951. The Bertz CT molecular complexity index is 552. The largest absolute Gasteiger partial charge is 0.378 e. The Morgan fingerprint density at radius 3 is 2.89 bits per heavy atom. The number of aromatic nitrogens is 2. The molecule has 1 aromatic carbocycles. The summed E-state index contributed by atoms with van der Waals surface area (Å²) >= 11 is 5.90. The minimum absolute atomic E-state index is 0.204. The molecule has 1 aliphatic heterocycles. The fourth-order valence-electron chi connectivity index (χ4n) is 2.26. The predicted molar refractivity (Wildman–Crippen MR) is 75.2 cm³/mol. The van der Waals surface area contributed by atoms with E-state index >= 15 is 0 Å². The lowest BCUT2D eigenvalue weighted by atomic mass is 10.2. The maximum absolute atomic E-state index is 5.90. The van der Waals surface area contributed by atoms with Crippen LogP contribution in [0.2, 0.25) is 5.02 Å². The van der Waals surface area contributed by atoms with Crippen LogP contribution in [0.15, 0.2) is 30.5 Å². The smallest absolute Gasteiger partial charge is 0.126 e. The number of nitrogens with one attached hydrogen (secondary N) is 1. The van der Waals surface area contributed by atoms with Gasteiger partial charge in [-0.25, -0.2) is 4.98 Å². The number of nitrogens with zero attached hydrogens (tertiary/aromatic N) is 2. The summed E-state index contributed by atoms with van der Waals surface area (Å²) in [6.07, 6.45) is 1.86. The summed E-state index contributed by atoms with van der Waals surface area (Å²) in [7, 11) is 2.09. The standard InChI is InChI=1S/C14H16ClN3O/c1-18-6-7-19-9-13(18)14-16-8-12(17-14)10-2-4-11(15)5-3-10/h2-5,8,13H,6-7,9H2,1H3,(H,16,17)/t13-/m0/s1. The van der Waals surface area contributed by atoms with E-state index in [1.165, 1.54) is 0 Å². The Labute approximate surface area is 117 Å². The molecule has 1 aliphatic rings. The average molecular weight is 278 g/mol. The number of likely N-dealkylation sites (N-methyl/N-ethyl adjacent to an activating group) is 1. The van der Waals surface area contributed by atoms with Crippen LogP contribution in [0.1, 0.15) is 11.9 Å². The predicted octanol–water partition coefficient (Wildman–Crippen LogP) is 2.73. The van der Waals surface area contributed by atoms with E-state index in [4.69, 9.17) is 16.3 Å². The van der Waals surface area contributed by atoms with Crippen molar-refractivity contribution in [3.05, 3.63) is 41.3 Å². The highest BCUT2D eigenvalue weighted by atomic mass is 35.5. The quantitative estimate of drug-likeness (QED) is 0.918. The number of benzene rings is 1. The first-order valence-corrected chi connectivity index (χ1v) is 6.70. The first-order valence-electron chi connectivity index (χ1n) is 6.33. The van der Waals surface area contributed by atoms with Crippen molar-refractivity contribution in [2.45, 2.75) is 6.04 Å². The first-order chi connectivity index (χ1) is 9.24. The molecular weight excluding hydrogens is 262 g/mol. The zero-order valence-electron chi connectivity index (χ0n) is 10.8. The van der Waals surface area contributed by atoms with Gasteiger partial charge in [0.25, 0.3) is 0 Å². The normalized spacial score (nSPS) is 20.6. The van der Waals surface area contributed by atoms with Gasteiger partial charge in [-0.1, -0.05) is 23.7 Å². The van der Waals surface area contributed by atoms with Gasteiger partial charge >= 0.3 is 0 Å². The summed E-state index contributed by atoms with van der Waals surface area (Å²) in [4.78, 5) is 10.1. The van der Waals surface area contributed by atoms with Crippen molar-refractivity contribution < 1.29 is 4.74 Å². The molecule has 19 heavy (non-hydrogen) atoms. The van der Waals surface area contributed by atoms with E-state index < -0.39 is 0 Å². The molecule has 1 fully saturated rings. The Kier molecular flexibility index (Phi) is 3.55. The molecule has 100 valence electrons. The molecule has 3 rings (SSSR count). The van der Waals surface area contributed by atoms with Crippen LogP contribution in [0.3, 0.4) is 0 Å². The van der Waals surface area contributed by atoms with E-state index in [9.17, 15) is 0 Å². The second kappa shape index (κ2) is 5.33. The molecule has 1 N–H and O–H groups in total. The zero-order chi connectivity index (χ0) is 13.2. The maximum Gasteiger partial charge on any atom is 0.126 e. The Morgan fingerprint density at radius 1 is 1.37 bits per heavy atom. The lowest BCUT2D eigenvalue weighted by Crippen LogP contribution is -2.37. The molecule has 1 aromatic heterocycles. The van der Waals surface area contributed by atoms with Crippen LogP contribution < -0.4 is 0 Å². The average Bonchev–Trinajstić information content (AvgIpc) is 2.89. The van der Waals surface area contributed by atoms with E-state index in [0.717, 1.165) is 35.3 Å². The van der Waals surface area contributed by atoms with E-state index in [-0.39, 0.29) is 6.04 Å². The fourth-order valence-corrected chi connectivity index (χ4v) is 2.38. The molecule has 0 saturated carbocycles. The van der Waals surface area contributed by atoms with Gasteiger partial charge in [0.05, 0.1) is 31.1 Å². The van der Waals surface area contributed by atoms with Crippen LogP contribution in [0.5, 0.6) is 0 Å². The van der Waals surface area contributed by atoms with Crippen LogP contribution >= 0.6 is 11.6 Å². The number of imidazole rings is 1. The van der Waals surface area contributed by atoms with Gasteiger partial charge in [0.1, 0.15) is 5.82 Å². The molecule has 0 aliphatic carbocycles.